The lowest BCUT2D eigenvalue weighted by Crippen LogP contribution is -2.39. The van der Waals surface area contributed by atoms with Gasteiger partial charge in [0.15, 0.2) is 6.61 Å². The summed E-state index contributed by atoms with van der Waals surface area (Å²) in [6.45, 7) is 4.11. The van der Waals surface area contributed by atoms with Crippen LogP contribution in [0, 0.1) is 6.92 Å². The van der Waals surface area contributed by atoms with Crippen LogP contribution in [-0.2, 0) is 16.0 Å². The molecule has 0 spiro atoms. The van der Waals surface area contributed by atoms with Crippen molar-refractivity contribution in [1.82, 2.24) is 5.32 Å². The molecule has 0 bridgehead atoms. The summed E-state index contributed by atoms with van der Waals surface area (Å²) < 4.78 is 5.49. The van der Waals surface area contributed by atoms with Gasteiger partial charge in [0.2, 0.25) is 5.91 Å². The lowest BCUT2D eigenvalue weighted by Gasteiger charge is -2.09. The van der Waals surface area contributed by atoms with Crippen molar-refractivity contribution in [3.8, 4) is 5.75 Å². The number of hydrogen-bond acceptors (Lipinski definition) is 4. The number of carbonyl (C=O) groups is 2. The molecule has 0 radical (unpaired) electrons. The highest BCUT2D eigenvalue weighted by Crippen LogP contribution is 2.13. The van der Waals surface area contributed by atoms with Crippen molar-refractivity contribution in [2.24, 2.45) is 5.73 Å². The van der Waals surface area contributed by atoms with Gasteiger partial charge in [-0.25, -0.2) is 0 Å². The molecule has 6 nitrogen and oxygen atoms in total. The van der Waals surface area contributed by atoms with Gasteiger partial charge in [-0.1, -0.05) is 29.8 Å². The van der Waals surface area contributed by atoms with Gasteiger partial charge in [0.25, 0.3) is 5.91 Å². The van der Waals surface area contributed by atoms with Crippen LogP contribution < -0.4 is 21.1 Å². The third-order valence-corrected chi connectivity index (χ3v) is 3.76. The molecule has 146 valence electrons. The van der Waals surface area contributed by atoms with E-state index in [0.29, 0.717) is 18.7 Å². The second kappa shape index (κ2) is 11.2. The Bertz CT molecular complexity index is 731. The third-order valence-electron chi connectivity index (χ3n) is 3.76. The molecule has 0 aliphatic carbocycles. The number of rotatable bonds is 8. The minimum absolute atomic E-state index is 0. The van der Waals surface area contributed by atoms with E-state index < -0.39 is 6.04 Å². The Hall–Kier alpha value is -2.57. The molecule has 4 N–H and O–H groups in total. The largest absolute Gasteiger partial charge is 0.484 e. The Morgan fingerprint density at radius 1 is 1.07 bits per heavy atom. The quantitative estimate of drug-likeness (QED) is 0.644. The van der Waals surface area contributed by atoms with E-state index in [2.05, 4.69) is 10.6 Å². The van der Waals surface area contributed by atoms with Crippen molar-refractivity contribution in [1.29, 1.82) is 0 Å². The molecule has 0 fully saturated rings. The van der Waals surface area contributed by atoms with Gasteiger partial charge in [-0.05, 0) is 50.1 Å². The molecule has 0 aliphatic rings. The number of benzene rings is 2. The van der Waals surface area contributed by atoms with Crippen molar-refractivity contribution >= 4 is 29.9 Å². The predicted molar refractivity (Wildman–Crippen MR) is 109 cm³/mol. The molecule has 27 heavy (non-hydrogen) atoms. The van der Waals surface area contributed by atoms with Gasteiger partial charge in [0.1, 0.15) is 5.75 Å². The number of aryl methyl sites for hydroxylation is 1. The lowest BCUT2D eigenvalue weighted by molar-refractivity contribution is -0.122. The van der Waals surface area contributed by atoms with Crippen LogP contribution in [0.5, 0.6) is 5.75 Å². The Labute approximate surface area is 165 Å². The molecule has 2 aromatic rings. The number of hydrogen-bond donors (Lipinski definition) is 3. The molecule has 0 aromatic heterocycles. The highest BCUT2D eigenvalue weighted by Gasteiger charge is 2.06. The molecule has 2 amide bonds. The van der Waals surface area contributed by atoms with Crippen LogP contribution in [0.15, 0.2) is 48.5 Å². The number of anilines is 1. The Balaban J connectivity index is 0.00000364. The summed E-state index contributed by atoms with van der Waals surface area (Å²) in [5.74, 6) is 0.244. The summed E-state index contributed by atoms with van der Waals surface area (Å²) in [6.07, 6.45) is 0.701. The van der Waals surface area contributed by atoms with Crippen LogP contribution in [0.3, 0.4) is 0 Å². The van der Waals surface area contributed by atoms with Crippen LogP contribution in [0.2, 0.25) is 0 Å². The van der Waals surface area contributed by atoms with Crippen molar-refractivity contribution in [3.63, 3.8) is 0 Å². The Kier molecular flexibility index (Phi) is 9.33. The SMILES string of the molecule is Cc1ccc(NC(=O)COc2ccc(CCNC(=O)[C@H](C)N)cc2)cc1.Cl. The van der Waals surface area contributed by atoms with Crippen molar-refractivity contribution in [3.05, 3.63) is 59.7 Å². The van der Waals surface area contributed by atoms with Crippen LogP contribution in [0.25, 0.3) is 0 Å². The lowest BCUT2D eigenvalue weighted by atomic mass is 10.1. The van der Waals surface area contributed by atoms with Crippen LogP contribution in [0.4, 0.5) is 5.69 Å². The maximum atomic E-state index is 11.9. The number of amides is 2. The van der Waals surface area contributed by atoms with Gasteiger partial charge < -0.3 is 21.1 Å². The van der Waals surface area contributed by atoms with E-state index in [1.165, 1.54) is 0 Å². The molecular formula is C20H26ClN3O3. The summed E-state index contributed by atoms with van der Waals surface area (Å²) in [5.41, 5.74) is 8.43. The normalized spacial score (nSPS) is 11.1. The van der Waals surface area contributed by atoms with Crippen LogP contribution >= 0.6 is 12.4 Å². The first kappa shape index (κ1) is 22.5. The van der Waals surface area contributed by atoms with E-state index in [4.69, 9.17) is 10.5 Å². The highest BCUT2D eigenvalue weighted by atomic mass is 35.5. The summed E-state index contributed by atoms with van der Waals surface area (Å²) in [7, 11) is 0. The fourth-order valence-electron chi connectivity index (χ4n) is 2.23. The van der Waals surface area contributed by atoms with E-state index in [0.717, 1.165) is 16.8 Å². The van der Waals surface area contributed by atoms with Gasteiger partial charge in [-0.3, -0.25) is 9.59 Å². The van der Waals surface area contributed by atoms with E-state index >= 15 is 0 Å². The number of nitrogens with one attached hydrogen (secondary N) is 2. The highest BCUT2D eigenvalue weighted by molar-refractivity contribution is 5.91. The predicted octanol–water partition coefficient (Wildman–Crippen LogP) is 2.44. The minimum Gasteiger partial charge on any atom is -0.484 e. The second-order valence-corrected chi connectivity index (χ2v) is 6.18. The standard InChI is InChI=1S/C20H25N3O3.ClH/c1-14-3-7-17(8-4-14)23-19(24)13-26-18-9-5-16(6-10-18)11-12-22-20(25)15(2)21;/h3-10,15H,11-13,21H2,1-2H3,(H,22,25)(H,23,24);1H/t15-;/m0./s1. The third kappa shape index (κ3) is 8.11. The van der Waals surface area contributed by atoms with Gasteiger partial charge in [0.05, 0.1) is 6.04 Å². The average Bonchev–Trinajstić information content (AvgIpc) is 2.63. The van der Waals surface area contributed by atoms with E-state index in [9.17, 15) is 9.59 Å². The zero-order valence-corrected chi connectivity index (χ0v) is 16.3. The minimum atomic E-state index is -0.503. The molecule has 2 rings (SSSR count). The smallest absolute Gasteiger partial charge is 0.262 e. The van der Waals surface area contributed by atoms with E-state index in [1.54, 1.807) is 6.92 Å². The molecular weight excluding hydrogens is 366 g/mol. The molecule has 1 atom stereocenters. The van der Waals surface area contributed by atoms with Gasteiger partial charge in [0, 0.05) is 12.2 Å². The molecule has 0 aliphatic heterocycles. The Morgan fingerprint density at radius 2 is 1.70 bits per heavy atom. The first-order valence-electron chi connectivity index (χ1n) is 8.55. The zero-order chi connectivity index (χ0) is 18.9. The second-order valence-electron chi connectivity index (χ2n) is 6.18. The molecule has 2 aromatic carbocycles. The van der Waals surface area contributed by atoms with E-state index in [-0.39, 0.29) is 30.8 Å². The van der Waals surface area contributed by atoms with Gasteiger partial charge in [-0.15, -0.1) is 12.4 Å². The number of halogens is 1. The maximum absolute atomic E-state index is 11.9. The molecule has 0 unspecified atom stereocenters. The van der Waals surface area contributed by atoms with Crippen LogP contribution in [0.1, 0.15) is 18.1 Å². The van der Waals surface area contributed by atoms with Crippen molar-refractivity contribution in [2.45, 2.75) is 26.3 Å². The average molecular weight is 392 g/mol. The molecule has 0 saturated carbocycles. The summed E-state index contributed by atoms with van der Waals surface area (Å²) in [6, 6.07) is 14.5. The molecule has 0 heterocycles. The number of nitrogens with two attached hydrogens (primary N) is 1. The zero-order valence-electron chi connectivity index (χ0n) is 15.5. The number of ether oxygens (including phenoxy) is 1. The van der Waals surface area contributed by atoms with Gasteiger partial charge in [-0.2, -0.15) is 0 Å². The monoisotopic (exact) mass is 391 g/mol. The van der Waals surface area contributed by atoms with Gasteiger partial charge >= 0.3 is 0 Å². The molecule has 7 heteroatoms. The summed E-state index contributed by atoms with van der Waals surface area (Å²) in [5, 5.41) is 5.55. The first-order chi connectivity index (χ1) is 12.4. The summed E-state index contributed by atoms with van der Waals surface area (Å²) >= 11 is 0. The fraction of sp³-hybridized carbons (Fsp3) is 0.300. The molecule has 0 saturated heterocycles. The first-order valence-corrected chi connectivity index (χ1v) is 8.55. The van der Waals surface area contributed by atoms with Crippen molar-refractivity contribution < 1.29 is 14.3 Å². The van der Waals surface area contributed by atoms with E-state index in [1.807, 2.05) is 55.5 Å². The maximum Gasteiger partial charge on any atom is 0.262 e. The van der Waals surface area contributed by atoms with Crippen LogP contribution in [-0.4, -0.2) is 31.0 Å². The fourth-order valence-corrected chi connectivity index (χ4v) is 2.23. The Morgan fingerprint density at radius 3 is 2.30 bits per heavy atom. The number of carbonyl (C=O) groups excluding carboxylic acids is 2. The topological polar surface area (TPSA) is 93.5 Å². The van der Waals surface area contributed by atoms with Crippen molar-refractivity contribution in [2.75, 3.05) is 18.5 Å². The summed E-state index contributed by atoms with van der Waals surface area (Å²) in [4.78, 5) is 23.3.